The second kappa shape index (κ2) is 7.72. The lowest BCUT2D eigenvalue weighted by molar-refractivity contribution is 0.0637. The van der Waals surface area contributed by atoms with Crippen LogP contribution in [0.15, 0.2) is 41.0 Å². The molecule has 1 saturated heterocycles. The summed E-state index contributed by atoms with van der Waals surface area (Å²) in [5.74, 6) is 0.378. The van der Waals surface area contributed by atoms with Crippen LogP contribution in [0.25, 0.3) is 0 Å². The summed E-state index contributed by atoms with van der Waals surface area (Å²) in [4.78, 5) is 25.4. The number of halogens is 1. The third kappa shape index (κ3) is 3.91. The maximum absolute atomic E-state index is 12.6. The summed E-state index contributed by atoms with van der Waals surface area (Å²) < 4.78 is 0.918. The van der Waals surface area contributed by atoms with Crippen LogP contribution < -0.4 is 5.32 Å². The average molecular weight is 390 g/mol. The van der Waals surface area contributed by atoms with Gasteiger partial charge in [0.1, 0.15) is 5.69 Å². The molecule has 0 aliphatic carbocycles. The van der Waals surface area contributed by atoms with Crippen LogP contribution >= 0.6 is 15.9 Å². The number of hydrogen-bond acceptors (Lipinski definition) is 5. The van der Waals surface area contributed by atoms with E-state index in [4.69, 9.17) is 0 Å². The zero-order valence-electron chi connectivity index (χ0n) is 13.6. The van der Waals surface area contributed by atoms with E-state index in [0.717, 1.165) is 42.9 Å². The predicted octanol–water partition coefficient (Wildman–Crippen LogP) is 2.76. The van der Waals surface area contributed by atoms with Crippen LogP contribution in [0.5, 0.6) is 0 Å². The summed E-state index contributed by atoms with van der Waals surface area (Å²) in [5, 5.41) is 3.14. The van der Waals surface area contributed by atoms with Gasteiger partial charge in [-0.2, -0.15) is 0 Å². The van der Waals surface area contributed by atoms with Crippen molar-refractivity contribution in [3.8, 4) is 0 Å². The van der Waals surface area contributed by atoms with Crippen molar-refractivity contribution in [2.24, 2.45) is 0 Å². The first-order chi connectivity index (χ1) is 11.7. The lowest BCUT2D eigenvalue weighted by atomic mass is 10.2. The highest BCUT2D eigenvalue weighted by Gasteiger charge is 2.22. The number of amides is 1. The second-order valence-corrected chi connectivity index (χ2v) is 6.45. The number of nitrogens with one attached hydrogen (secondary N) is 1. The molecule has 1 fully saturated rings. The molecule has 7 heteroatoms. The molecular weight excluding hydrogens is 370 g/mol. The van der Waals surface area contributed by atoms with Gasteiger partial charge in [0.15, 0.2) is 0 Å². The molecule has 0 spiro atoms. The summed E-state index contributed by atoms with van der Waals surface area (Å²) in [7, 11) is 0. The molecule has 0 unspecified atom stereocenters. The fourth-order valence-corrected chi connectivity index (χ4v) is 3.03. The molecule has 1 N–H and O–H groups in total. The van der Waals surface area contributed by atoms with Gasteiger partial charge in [-0.25, -0.2) is 9.97 Å². The number of aromatic nitrogens is 2. The van der Waals surface area contributed by atoms with E-state index in [0.29, 0.717) is 11.6 Å². The number of piperazine rings is 1. The number of carbonyl (C=O) groups excluding carboxylic acids is 1. The molecule has 24 heavy (non-hydrogen) atoms. The summed E-state index contributed by atoms with van der Waals surface area (Å²) in [5.41, 5.74) is 1.28. The van der Waals surface area contributed by atoms with Gasteiger partial charge in [-0.1, -0.05) is 19.1 Å². The Bertz CT molecular complexity index is 716. The molecule has 3 rings (SSSR count). The van der Waals surface area contributed by atoms with Crippen molar-refractivity contribution in [1.82, 2.24) is 19.8 Å². The van der Waals surface area contributed by atoms with E-state index < -0.39 is 0 Å². The highest BCUT2D eigenvalue weighted by Crippen LogP contribution is 2.23. The first-order valence-electron chi connectivity index (χ1n) is 8.03. The molecule has 6 nitrogen and oxygen atoms in total. The van der Waals surface area contributed by atoms with Gasteiger partial charge < -0.3 is 15.1 Å². The van der Waals surface area contributed by atoms with E-state index >= 15 is 0 Å². The molecule has 2 aromatic rings. The van der Waals surface area contributed by atoms with Crippen LogP contribution in [-0.2, 0) is 0 Å². The molecule has 1 aliphatic heterocycles. The smallest absolute Gasteiger partial charge is 0.272 e. The number of benzene rings is 1. The topological polar surface area (TPSA) is 61.4 Å². The van der Waals surface area contributed by atoms with Crippen molar-refractivity contribution in [2.45, 2.75) is 6.92 Å². The molecular formula is C17H20BrN5O. The van der Waals surface area contributed by atoms with Gasteiger partial charge in [0.25, 0.3) is 5.91 Å². The Morgan fingerprint density at radius 1 is 1.21 bits per heavy atom. The molecule has 1 amide bonds. The number of rotatable bonds is 4. The average Bonchev–Trinajstić information content (AvgIpc) is 2.63. The standard InChI is InChI=1S/C17H20BrN5O/c1-2-22-9-11-23(12-10-22)16(24)15-7-8-19-17(21-15)20-14-6-4-3-5-13(14)18/h3-8H,2,9-12H2,1H3,(H,19,20,21). The fourth-order valence-electron chi connectivity index (χ4n) is 2.65. The number of anilines is 2. The van der Waals surface area contributed by atoms with Crippen molar-refractivity contribution in [3.63, 3.8) is 0 Å². The Morgan fingerprint density at radius 2 is 1.96 bits per heavy atom. The normalized spacial score (nSPS) is 15.3. The van der Waals surface area contributed by atoms with Crippen LogP contribution in [0.4, 0.5) is 11.6 Å². The minimum absolute atomic E-state index is 0.0386. The van der Waals surface area contributed by atoms with Crippen LogP contribution in [0, 0.1) is 0 Å². The van der Waals surface area contributed by atoms with Gasteiger partial charge in [0.2, 0.25) is 5.95 Å². The van der Waals surface area contributed by atoms with E-state index in [1.54, 1.807) is 12.3 Å². The Hall–Kier alpha value is -1.99. The van der Waals surface area contributed by atoms with E-state index in [2.05, 4.69) is 43.0 Å². The predicted molar refractivity (Wildman–Crippen MR) is 97.5 cm³/mol. The maximum atomic E-state index is 12.6. The zero-order chi connectivity index (χ0) is 16.9. The quantitative estimate of drug-likeness (QED) is 0.870. The van der Waals surface area contributed by atoms with Gasteiger partial charge >= 0.3 is 0 Å². The number of likely N-dealkylation sites (N-methyl/N-ethyl adjacent to an activating group) is 1. The van der Waals surface area contributed by atoms with Crippen LogP contribution in [0.2, 0.25) is 0 Å². The number of hydrogen-bond donors (Lipinski definition) is 1. The highest BCUT2D eigenvalue weighted by atomic mass is 79.9. The minimum atomic E-state index is -0.0386. The Kier molecular flexibility index (Phi) is 5.42. The van der Waals surface area contributed by atoms with Crippen molar-refractivity contribution < 1.29 is 4.79 Å². The molecule has 0 radical (unpaired) electrons. The van der Waals surface area contributed by atoms with Crippen LogP contribution in [0.3, 0.4) is 0 Å². The Balaban J connectivity index is 1.71. The SMILES string of the molecule is CCN1CCN(C(=O)c2ccnc(Nc3ccccc3Br)n2)CC1. The highest BCUT2D eigenvalue weighted by molar-refractivity contribution is 9.10. The van der Waals surface area contributed by atoms with Gasteiger partial charge in [0, 0.05) is 36.8 Å². The molecule has 0 bridgehead atoms. The van der Waals surface area contributed by atoms with Crippen molar-refractivity contribution >= 4 is 33.5 Å². The van der Waals surface area contributed by atoms with E-state index in [9.17, 15) is 4.79 Å². The Morgan fingerprint density at radius 3 is 2.67 bits per heavy atom. The number of para-hydroxylation sites is 1. The van der Waals surface area contributed by atoms with Crippen LogP contribution in [0.1, 0.15) is 17.4 Å². The summed E-state index contributed by atoms with van der Waals surface area (Å²) in [6, 6.07) is 9.39. The van der Waals surface area contributed by atoms with E-state index in [-0.39, 0.29) is 5.91 Å². The lowest BCUT2D eigenvalue weighted by Gasteiger charge is -2.33. The zero-order valence-corrected chi connectivity index (χ0v) is 15.2. The second-order valence-electron chi connectivity index (χ2n) is 5.60. The number of nitrogens with zero attached hydrogens (tertiary/aromatic N) is 4. The minimum Gasteiger partial charge on any atom is -0.335 e. The van der Waals surface area contributed by atoms with Crippen LogP contribution in [-0.4, -0.2) is 58.4 Å². The Labute approximate surface area is 150 Å². The van der Waals surface area contributed by atoms with Gasteiger partial charge in [0.05, 0.1) is 5.69 Å². The molecule has 0 atom stereocenters. The number of carbonyl (C=O) groups is 1. The van der Waals surface area contributed by atoms with Crippen molar-refractivity contribution in [1.29, 1.82) is 0 Å². The molecule has 1 aromatic heterocycles. The largest absolute Gasteiger partial charge is 0.335 e. The van der Waals surface area contributed by atoms with Gasteiger partial charge in [-0.15, -0.1) is 0 Å². The van der Waals surface area contributed by atoms with Gasteiger partial charge in [-0.3, -0.25) is 4.79 Å². The monoisotopic (exact) mass is 389 g/mol. The van der Waals surface area contributed by atoms with Crippen molar-refractivity contribution in [2.75, 3.05) is 38.0 Å². The van der Waals surface area contributed by atoms with E-state index in [1.807, 2.05) is 29.2 Å². The van der Waals surface area contributed by atoms with Gasteiger partial charge in [-0.05, 0) is 40.7 Å². The first kappa shape index (κ1) is 16.9. The molecule has 1 aliphatic rings. The third-order valence-electron chi connectivity index (χ3n) is 4.10. The lowest BCUT2D eigenvalue weighted by Crippen LogP contribution is -2.48. The molecule has 0 saturated carbocycles. The summed E-state index contributed by atoms with van der Waals surface area (Å²) in [6.07, 6.45) is 1.61. The summed E-state index contributed by atoms with van der Waals surface area (Å²) >= 11 is 3.48. The summed E-state index contributed by atoms with van der Waals surface area (Å²) in [6.45, 7) is 6.47. The molecule has 126 valence electrons. The third-order valence-corrected chi connectivity index (χ3v) is 4.79. The first-order valence-corrected chi connectivity index (χ1v) is 8.83. The molecule has 2 heterocycles. The van der Waals surface area contributed by atoms with E-state index in [1.165, 1.54) is 0 Å². The fraction of sp³-hybridized carbons (Fsp3) is 0.353. The van der Waals surface area contributed by atoms with Crippen molar-refractivity contribution in [3.05, 3.63) is 46.7 Å². The molecule has 1 aromatic carbocycles. The maximum Gasteiger partial charge on any atom is 0.272 e.